The number of benzene rings is 2. The van der Waals surface area contributed by atoms with Crippen LogP contribution in [-0.2, 0) is 22.6 Å². The smallest absolute Gasteiger partial charge is 0.191 e. The van der Waals surface area contributed by atoms with Crippen molar-refractivity contribution in [3.63, 3.8) is 0 Å². The Labute approximate surface area is 191 Å². The average Bonchev–Trinajstić information content (AvgIpc) is 2.74. The molecule has 0 fully saturated rings. The van der Waals surface area contributed by atoms with Crippen molar-refractivity contribution in [3.05, 3.63) is 65.7 Å². The van der Waals surface area contributed by atoms with Gasteiger partial charge in [0.2, 0.25) is 0 Å². The number of para-hydroxylation sites is 1. The van der Waals surface area contributed by atoms with E-state index >= 15 is 0 Å². The van der Waals surface area contributed by atoms with E-state index in [4.69, 9.17) is 14.2 Å². The van der Waals surface area contributed by atoms with Gasteiger partial charge in [-0.1, -0.05) is 42.5 Å². The second-order valence-electron chi connectivity index (χ2n) is 6.08. The number of rotatable bonds is 12. The van der Waals surface area contributed by atoms with Crippen LogP contribution in [-0.4, -0.2) is 46.0 Å². The highest BCUT2D eigenvalue weighted by molar-refractivity contribution is 14.0. The van der Waals surface area contributed by atoms with Crippen LogP contribution < -0.4 is 15.4 Å². The number of hydrogen-bond donors (Lipinski definition) is 2. The molecule has 0 aromatic heterocycles. The normalized spacial score (nSPS) is 10.9. The summed E-state index contributed by atoms with van der Waals surface area (Å²) in [7, 11) is 1.76. The summed E-state index contributed by atoms with van der Waals surface area (Å²) in [4.78, 5) is 4.25. The van der Waals surface area contributed by atoms with E-state index in [0.717, 1.165) is 23.9 Å². The number of nitrogens with one attached hydrogen (secondary N) is 2. The number of nitrogens with zero attached hydrogens (tertiary/aromatic N) is 1. The number of ether oxygens (including phenoxy) is 3. The number of hydrogen-bond acceptors (Lipinski definition) is 4. The Hall–Kier alpha value is -1.84. The topological polar surface area (TPSA) is 64.1 Å². The summed E-state index contributed by atoms with van der Waals surface area (Å²) in [6, 6.07) is 18.1. The van der Waals surface area contributed by atoms with Gasteiger partial charge in [0.1, 0.15) is 12.4 Å². The zero-order valence-electron chi connectivity index (χ0n) is 17.2. The quantitative estimate of drug-likeness (QED) is 0.197. The minimum atomic E-state index is 0. The lowest BCUT2D eigenvalue weighted by Gasteiger charge is -2.13. The van der Waals surface area contributed by atoms with E-state index < -0.39 is 0 Å². The molecule has 0 heterocycles. The monoisotopic (exact) mass is 513 g/mol. The van der Waals surface area contributed by atoms with E-state index in [-0.39, 0.29) is 24.0 Å². The van der Waals surface area contributed by atoms with E-state index in [1.807, 2.05) is 43.3 Å². The van der Waals surface area contributed by atoms with Crippen LogP contribution in [0.5, 0.6) is 5.75 Å². The molecule has 2 rings (SSSR count). The maximum Gasteiger partial charge on any atom is 0.191 e. The summed E-state index contributed by atoms with van der Waals surface area (Å²) in [6.45, 7) is 6.46. The molecule has 0 saturated heterocycles. The minimum Gasteiger partial charge on any atom is -0.492 e. The lowest BCUT2D eigenvalue weighted by atomic mass is 10.1. The summed E-state index contributed by atoms with van der Waals surface area (Å²) < 4.78 is 16.6. The molecule has 0 unspecified atom stereocenters. The second-order valence-corrected chi connectivity index (χ2v) is 6.08. The maximum atomic E-state index is 5.67. The molecule has 2 N–H and O–H groups in total. The number of guanidine groups is 1. The number of aliphatic imine (C=N–C) groups is 1. The van der Waals surface area contributed by atoms with Crippen LogP contribution in [0.1, 0.15) is 18.1 Å². The molecular formula is C22H32IN3O3. The van der Waals surface area contributed by atoms with Crippen molar-refractivity contribution in [1.29, 1.82) is 0 Å². The van der Waals surface area contributed by atoms with Crippen molar-refractivity contribution in [1.82, 2.24) is 10.6 Å². The molecule has 0 amide bonds. The van der Waals surface area contributed by atoms with E-state index in [0.29, 0.717) is 39.5 Å². The molecule has 0 saturated carbocycles. The van der Waals surface area contributed by atoms with Crippen molar-refractivity contribution in [2.45, 2.75) is 20.1 Å². The molecule has 0 aliphatic carbocycles. The minimum absolute atomic E-state index is 0. The molecule has 0 aliphatic rings. The van der Waals surface area contributed by atoms with Crippen molar-refractivity contribution in [2.24, 2.45) is 4.99 Å². The first-order valence-electron chi connectivity index (χ1n) is 9.67. The van der Waals surface area contributed by atoms with Crippen LogP contribution in [0.25, 0.3) is 0 Å². The first-order valence-corrected chi connectivity index (χ1v) is 9.67. The molecule has 6 nitrogen and oxygen atoms in total. The van der Waals surface area contributed by atoms with Crippen molar-refractivity contribution >= 4 is 29.9 Å². The zero-order valence-corrected chi connectivity index (χ0v) is 19.6. The molecule has 2 aromatic rings. The Bertz CT molecular complexity index is 699. The summed E-state index contributed by atoms with van der Waals surface area (Å²) in [5.41, 5.74) is 2.32. The highest BCUT2D eigenvalue weighted by Gasteiger charge is 2.01. The van der Waals surface area contributed by atoms with Gasteiger partial charge in [0, 0.05) is 20.2 Å². The van der Waals surface area contributed by atoms with Gasteiger partial charge in [0.25, 0.3) is 0 Å². The molecule has 2 aromatic carbocycles. The average molecular weight is 513 g/mol. The van der Waals surface area contributed by atoms with Gasteiger partial charge in [0.15, 0.2) is 5.96 Å². The fraction of sp³-hybridized carbons (Fsp3) is 0.409. The molecule has 0 atom stereocenters. The van der Waals surface area contributed by atoms with Gasteiger partial charge in [-0.25, -0.2) is 0 Å². The molecular weight excluding hydrogens is 481 g/mol. The first kappa shape index (κ1) is 25.2. The van der Waals surface area contributed by atoms with Gasteiger partial charge in [-0.15, -0.1) is 24.0 Å². The first-order chi connectivity index (χ1) is 13.8. The van der Waals surface area contributed by atoms with Crippen molar-refractivity contribution in [2.75, 3.05) is 40.0 Å². The zero-order chi connectivity index (χ0) is 19.9. The van der Waals surface area contributed by atoms with Gasteiger partial charge in [-0.05, 0) is 30.2 Å². The standard InChI is InChI=1S/C22H31N3O3.HI/c1-3-26-14-15-27-18-20-9-7-8-19(16-20)17-25-22(23-2)24-12-13-28-21-10-5-4-6-11-21;/h4-11,16H,3,12-15,17-18H2,1-2H3,(H2,23,24,25);1H. The van der Waals surface area contributed by atoms with E-state index in [2.05, 4.69) is 33.8 Å². The van der Waals surface area contributed by atoms with Crippen LogP contribution in [0.15, 0.2) is 59.6 Å². The summed E-state index contributed by atoms with van der Waals surface area (Å²) in [6.07, 6.45) is 0. The van der Waals surface area contributed by atoms with E-state index in [9.17, 15) is 0 Å². The van der Waals surface area contributed by atoms with Crippen LogP contribution in [0.2, 0.25) is 0 Å². The third-order valence-corrected chi connectivity index (χ3v) is 3.93. The fourth-order valence-corrected chi connectivity index (χ4v) is 2.54. The van der Waals surface area contributed by atoms with Crippen LogP contribution in [0.3, 0.4) is 0 Å². The molecule has 0 spiro atoms. The molecule has 7 heteroatoms. The molecule has 29 heavy (non-hydrogen) atoms. The highest BCUT2D eigenvalue weighted by atomic mass is 127. The Kier molecular flexibility index (Phi) is 13.9. The van der Waals surface area contributed by atoms with Crippen LogP contribution in [0.4, 0.5) is 0 Å². The SMILES string of the molecule is CCOCCOCc1cccc(CNC(=NC)NCCOc2ccccc2)c1.I. The summed E-state index contributed by atoms with van der Waals surface area (Å²) in [5.74, 6) is 1.61. The lowest BCUT2D eigenvalue weighted by Crippen LogP contribution is -2.38. The van der Waals surface area contributed by atoms with Crippen LogP contribution >= 0.6 is 24.0 Å². The highest BCUT2D eigenvalue weighted by Crippen LogP contribution is 2.08. The Morgan fingerprint density at radius 1 is 0.897 bits per heavy atom. The Balaban J connectivity index is 0.00000420. The third kappa shape index (κ3) is 11.1. The second kappa shape index (κ2) is 16.0. The molecule has 0 radical (unpaired) electrons. The largest absolute Gasteiger partial charge is 0.492 e. The predicted molar refractivity (Wildman–Crippen MR) is 128 cm³/mol. The van der Waals surface area contributed by atoms with Crippen molar-refractivity contribution in [3.8, 4) is 5.75 Å². The lowest BCUT2D eigenvalue weighted by molar-refractivity contribution is 0.0453. The van der Waals surface area contributed by atoms with Gasteiger partial charge in [0.05, 0.1) is 26.4 Å². The van der Waals surface area contributed by atoms with E-state index in [1.54, 1.807) is 7.05 Å². The van der Waals surface area contributed by atoms with Gasteiger partial charge in [-0.2, -0.15) is 0 Å². The van der Waals surface area contributed by atoms with Gasteiger partial charge >= 0.3 is 0 Å². The molecule has 0 bridgehead atoms. The molecule has 0 aliphatic heterocycles. The Morgan fingerprint density at radius 2 is 1.66 bits per heavy atom. The summed E-state index contributed by atoms with van der Waals surface area (Å²) in [5, 5.41) is 6.57. The maximum absolute atomic E-state index is 5.67. The Morgan fingerprint density at radius 3 is 2.41 bits per heavy atom. The predicted octanol–water partition coefficient (Wildman–Crippen LogP) is 3.60. The van der Waals surface area contributed by atoms with Crippen LogP contribution in [0, 0.1) is 0 Å². The third-order valence-electron chi connectivity index (χ3n) is 3.93. The molecule has 160 valence electrons. The number of halogens is 1. The van der Waals surface area contributed by atoms with Crippen molar-refractivity contribution < 1.29 is 14.2 Å². The summed E-state index contributed by atoms with van der Waals surface area (Å²) >= 11 is 0. The van der Waals surface area contributed by atoms with Gasteiger partial charge in [-0.3, -0.25) is 4.99 Å². The van der Waals surface area contributed by atoms with Gasteiger partial charge < -0.3 is 24.8 Å². The van der Waals surface area contributed by atoms with E-state index in [1.165, 1.54) is 5.56 Å². The fourth-order valence-electron chi connectivity index (χ4n) is 2.54.